The second kappa shape index (κ2) is 8.97. The molecular formula is C24H21NO4. The van der Waals surface area contributed by atoms with Gasteiger partial charge in [-0.3, -0.25) is 9.59 Å². The van der Waals surface area contributed by atoms with Crippen molar-refractivity contribution in [1.82, 2.24) is 0 Å². The molecule has 0 fully saturated rings. The number of ether oxygens (including phenoxy) is 1. The molecule has 1 unspecified atom stereocenters. The van der Waals surface area contributed by atoms with Crippen molar-refractivity contribution in [2.24, 2.45) is 0 Å². The van der Waals surface area contributed by atoms with Gasteiger partial charge in [-0.1, -0.05) is 42.5 Å². The van der Waals surface area contributed by atoms with Crippen LogP contribution in [-0.2, 0) is 9.53 Å². The summed E-state index contributed by atoms with van der Waals surface area (Å²) in [5, 5.41) is 2.67. The van der Waals surface area contributed by atoms with Gasteiger partial charge in [-0.25, -0.2) is 4.79 Å². The number of benzene rings is 3. The third-order valence-corrected chi connectivity index (χ3v) is 4.44. The molecule has 0 spiro atoms. The number of carbonyl (C=O) groups excluding carboxylic acids is 3. The third kappa shape index (κ3) is 5.17. The molecule has 0 bridgehead atoms. The molecule has 5 nitrogen and oxygen atoms in total. The van der Waals surface area contributed by atoms with Gasteiger partial charge in [0.25, 0.3) is 5.91 Å². The molecule has 1 amide bonds. The summed E-state index contributed by atoms with van der Waals surface area (Å²) in [6.45, 7) is 2.98. The molecule has 0 saturated heterocycles. The van der Waals surface area contributed by atoms with E-state index in [9.17, 15) is 14.4 Å². The molecule has 0 aliphatic carbocycles. The van der Waals surface area contributed by atoms with Gasteiger partial charge in [0.15, 0.2) is 11.9 Å². The Morgan fingerprint density at radius 1 is 0.759 bits per heavy atom. The number of amides is 1. The van der Waals surface area contributed by atoms with Crippen LogP contribution < -0.4 is 5.32 Å². The number of Topliss-reactive ketones (excluding diaryl/α,β-unsaturated/α-hetero) is 1. The van der Waals surface area contributed by atoms with Crippen LogP contribution in [0, 0.1) is 0 Å². The highest BCUT2D eigenvalue weighted by atomic mass is 16.5. The first-order valence-electron chi connectivity index (χ1n) is 9.22. The highest BCUT2D eigenvalue weighted by Crippen LogP contribution is 2.20. The molecule has 5 heteroatoms. The number of hydrogen-bond donors (Lipinski definition) is 1. The van der Waals surface area contributed by atoms with Crippen molar-refractivity contribution in [3.63, 3.8) is 0 Å². The van der Waals surface area contributed by atoms with E-state index in [1.54, 1.807) is 36.4 Å². The van der Waals surface area contributed by atoms with Gasteiger partial charge >= 0.3 is 5.97 Å². The molecule has 0 radical (unpaired) electrons. The van der Waals surface area contributed by atoms with Crippen LogP contribution in [0.5, 0.6) is 0 Å². The third-order valence-electron chi connectivity index (χ3n) is 4.44. The largest absolute Gasteiger partial charge is 0.449 e. The Kier molecular flexibility index (Phi) is 6.19. The second-order valence-electron chi connectivity index (χ2n) is 6.61. The normalized spacial score (nSPS) is 11.4. The number of carbonyl (C=O) groups is 3. The lowest BCUT2D eigenvalue weighted by Gasteiger charge is -2.14. The van der Waals surface area contributed by atoms with E-state index in [1.807, 2.05) is 42.5 Å². The Morgan fingerprint density at radius 2 is 1.31 bits per heavy atom. The fourth-order valence-electron chi connectivity index (χ4n) is 2.74. The van der Waals surface area contributed by atoms with Crippen LogP contribution >= 0.6 is 0 Å². The number of esters is 1. The van der Waals surface area contributed by atoms with Crippen LogP contribution in [-0.4, -0.2) is 23.8 Å². The molecule has 1 atom stereocenters. The van der Waals surface area contributed by atoms with E-state index in [4.69, 9.17) is 4.74 Å². The van der Waals surface area contributed by atoms with Gasteiger partial charge < -0.3 is 10.1 Å². The molecule has 0 heterocycles. The zero-order valence-electron chi connectivity index (χ0n) is 16.2. The minimum Gasteiger partial charge on any atom is -0.449 e. The van der Waals surface area contributed by atoms with Crippen LogP contribution in [0.1, 0.15) is 34.6 Å². The zero-order valence-corrected chi connectivity index (χ0v) is 16.2. The predicted molar refractivity (Wildman–Crippen MR) is 112 cm³/mol. The van der Waals surface area contributed by atoms with Crippen LogP contribution in [0.15, 0.2) is 78.9 Å². The summed E-state index contributed by atoms with van der Waals surface area (Å²) in [5.41, 5.74) is 3.49. The predicted octanol–water partition coefficient (Wildman–Crippen LogP) is 4.74. The monoisotopic (exact) mass is 387 g/mol. The molecule has 0 aromatic heterocycles. The van der Waals surface area contributed by atoms with Crippen LogP contribution in [0.4, 0.5) is 5.69 Å². The van der Waals surface area contributed by atoms with Crippen molar-refractivity contribution >= 4 is 23.3 Å². The molecule has 0 aliphatic heterocycles. The molecule has 0 aliphatic rings. The maximum Gasteiger partial charge on any atom is 0.338 e. The summed E-state index contributed by atoms with van der Waals surface area (Å²) in [6, 6.07) is 23.4. The van der Waals surface area contributed by atoms with Gasteiger partial charge in [-0.15, -0.1) is 0 Å². The molecule has 3 rings (SSSR count). The first kappa shape index (κ1) is 20.0. The lowest BCUT2D eigenvalue weighted by Crippen LogP contribution is -2.30. The van der Waals surface area contributed by atoms with Crippen molar-refractivity contribution in [3.05, 3.63) is 90.0 Å². The fraction of sp³-hybridized carbons (Fsp3) is 0.125. The Labute approximate surface area is 169 Å². The first-order chi connectivity index (χ1) is 13.9. The number of ketones is 1. The van der Waals surface area contributed by atoms with Crippen molar-refractivity contribution in [2.75, 3.05) is 5.32 Å². The molecule has 29 heavy (non-hydrogen) atoms. The summed E-state index contributed by atoms with van der Waals surface area (Å²) in [7, 11) is 0. The minimum atomic E-state index is -0.969. The highest BCUT2D eigenvalue weighted by Gasteiger charge is 2.19. The lowest BCUT2D eigenvalue weighted by molar-refractivity contribution is -0.123. The minimum absolute atomic E-state index is 0.0524. The summed E-state index contributed by atoms with van der Waals surface area (Å²) in [6.07, 6.45) is -0.969. The molecule has 146 valence electrons. The average molecular weight is 387 g/mol. The Hall–Kier alpha value is -3.73. The molecule has 3 aromatic rings. The van der Waals surface area contributed by atoms with E-state index in [2.05, 4.69) is 5.32 Å². The van der Waals surface area contributed by atoms with Gasteiger partial charge in [-0.2, -0.15) is 0 Å². The van der Waals surface area contributed by atoms with E-state index >= 15 is 0 Å². The van der Waals surface area contributed by atoms with Crippen molar-refractivity contribution < 1.29 is 19.1 Å². The van der Waals surface area contributed by atoms with Crippen LogP contribution in [0.2, 0.25) is 0 Å². The van der Waals surface area contributed by atoms with Crippen LogP contribution in [0.25, 0.3) is 11.1 Å². The molecule has 3 aromatic carbocycles. The Morgan fingerprint density at radius 3 is 1.90 bits per heavy atom. The maximum absolute atomic E-state index is 12.3. The quantitative estimate of drug-likeness (QED) is 0.490. The van der Waals surface area contributed by atoms with Crippen LogP contribution in [0.3, 0.4) is 0 Å². The van der Waals surface area contributed by atoms with Gasteiger partial charge in [0.2, 0.25) is 0 Å². The summed E-state index contributed by atoms with van der Waals surface area (Å²) in [4.78, 5) is 35.9. The summed E-state index contributed by atoms with van der Waals surface area (Å²) < 4.78 is 5.27. The number of rotatable bonds is 6. The van der Waals surface area contributed by atoms with Crippen molar-refractivity contribution in [1.29, 1.82) is 0 Å². The zero-order chi connectivity index (χ0) is 20.8. The SMILES string of the molecule is CC(=O)c1ccc(NC(=O)C(C)OC(=O)c2ccc(-c3ccccc3)cc2)cc1. The standard InChI is InChI=1S/C24H21NO4/c1-16(26)18-12-14-22(15-13-18)25-23(27)17(2)29-24(28)21-10-8-20(9-11-21)19-6-4-3-5-7-19/h3-15,17H,1-2H3,(H,25,27). The van der Waals surface area contributed by atoms with E-state index < -0.39 is 18.0 Å². The van der Waals surface area contributed by atoms with Crippen molar-refractivity contribution in [3.8, 4) is 11.1 Å². The van der Waals surface area contributed by atoms with Gasteiger partial charge in [0.05, 0.1) is 5.56 Å². The lowest BCUT2D eigenvalue weighted by atomic mass is 10.0. The molecular weight excluding hydrogens is 366 g/mol. The highest BCUT2D eigenvalue weighted by molar-refractivity contribution is 5.98. The summed E-state index contributed by atoms with van der Waals surface area (Å²) >= 11 is 0. The fourth-order valence-corrected chi connectivity index (χ4v) is 2.74. The molecule has 1 N–H and O–H groups in total. The Bertz CT molecular complexity index is 1010. The second-order valence-corrected chi connectivity index (χ2v) is 6.61. The van der Waals surface area contributed by atoms with Gasteiger partial charge in [0.1, 0.15) is 0 Å². The number of anilines is 1. The van der Waals surface area contributed by atoms with E-state index in [-0.39, 0.29) is 5.78 Å². The Balaban J connectivity index is 1.59. The van der Waals surface area contributed by atoms with E-state index in [0.717, 1.165) is 11.1 Å². The van der Waals surface area contributed by atoms with Gasteiger partial charge in [0, 0.05) is 11.3 Å². The average Bonchev–Trinajstić information content (AvgIpc) is 2.74. The number of nitrogens with one attached hydrogen (secondary N) is 1. The maximum atomic E-state index is 12.3. The smallest absolute Gasteiger partial charge is 0.338 e. The van der Waals surface area contributed by atoms with E-state index in [0.29, 0.717) is 16.8 Å². The first-order valence-corrected chi connectivity index (χ1v) is 9.22. The molecule has 0 saturated carbocycles. The summed E-state index contributed by atoms with van der Waals surface area (Å²) in [5.74, 6) is -1.07. The van der Waals surface area contributed by atoms with E-state index in [1.165, 1.54) is 13.8 Å². The van der Waals surface area contributed by atoms with Gasteiger partial charge in [-0.05, 0) is 61.4 Å². The topological polar surface area (TPSA) is 72.5 Å². The number of hydrogen-bond acceptors (Lipinski definition) is 4. The van der Waals surface area contributed by atoms with Crippen molar-refractivity contribution in [2.45, 2.75) is 20.0 Å².